The summed E-state index contributed by atoms with van der Waals surface area (Å²) in [5, 5.41) is 7.05. The molecule has 6 atom stereocenters. The number of carbonyl (C=O) groups excluding carboxylic acids is 8. The third kappa shape index (κ3) is 10.8. The third-order valence-electron chi connectivity index (χ3n) is 8.27. The number of benzene rings is 2. The van der Waals surface area contributed by atoms with Gasteiger partial charge in [0.15, 0.2) is 24.5 Å². The van der Waals surface area contributed by atoms with Crippen LogP contribution in [0.5, 0.6) is 0 Å². The molecule has 18 nitrogen and oxygen atoms in total. The van der Waals surface area contributed by atoms with Gasteiger partial charge in [0.1, 0.15) is 31.9 Å². The Balaban J connectivity index is 1.54. The van der Waals surface area contributed by atoms with Gasteiger partial charge < -0.3 is 49.1 Å². The molecule has 0 unspecified atom stereocenters. The van der Waals surface area contributed by atoms with Crippen LogP contribution in [0.2, 0.25) is 0 Å². The zero-order valence-corrected chi connectivity index (χ0v) is 30.1. The number of amides is 3. The molecule has 1 heterocycles. The Labute approximate surface area is 309 Å². The smallest absolute Gasteiger partial charge is 0.407 e. The van der Waals surface area contributed by atoms with Crippen molar-refractivity contribution in [2.45, 2.75) is 76.7 Å². The van der Waals surface area contributed by atoms with Crippen molar-refractivity contribution in [3.63, 3.8) is 0 Å². The van der Waals surface area contributed by atoms with E-state index in [1.807, 2.05) is 48.5 Å². The third-order valence-corrected chi connectivity index (χ3v) is 8.27. The Hall–Kier alpha value is -6.04. The monoisotopic (exact) mass is 755 g/mol. The van der Waals surface area contributed by atoms with Gasteiger partial charge in [-0.2, -0.15) is 0 Å². The van der Waals surface area contributed by atoms with Crippen LogP contribution in [0.4, 0.5) is 4.79 Å². The number of hydrogen-bond donors (Lipinski definition) is 3. The highest BCUT2D eigenvalue weighted by molar-refractivity contribution is 5.92. The fourth-order valence-corrected chi connectivity index (χ4v) is 6.09. The summed E-state index contributed by atoms with van der Waals surface area (Å²) >= 11 is 0. The SMILES string of the molecule is COC(=O)CNC(=O)[C@H](CC(=O)N[C@H]1O[C@H](COC(C)=O)[C@@H](OC(C)=O)[C@H](OC(C)=O)[C@H]1OC(C)=O)NC(=O)OCC1c2ccccc2-c2ccccc21. The summed E-state index contributed by atoms with van der Waals surface area (Å²) in [5.74, 6) is -6.46. The molecule has 0 saturated carbocycles. The predicted molar refractivity (Wildman–Crippen MR) is 182 cm³/mol. The molecule has 0 aromatic heterocycles. The van der Waals surface area contributed by atoms with Crippen LogP contribution in [0.1, 0.15) is 51.2 Å². The average Bonchev–Trinajstić information content (AvgIpc) is 3.43. The van der Waals surface area contributed by atoms with Gasteiger partial charge in [0, 0.05) is 33.6 Å². The fraction of sp³-hybridized carbons (Fsp3) is 0.444. The molecule has 54 heavy (non-hydrogen) atoms. The van der Waals surface area contributed by atoms with Crippen LogP contribution in [0.3, 0.4) is 0 Å². The zero-order valence-electron chi connectivity index (χ0n) is 30.1. The molecule has 4 rings (SSSR count). The maximum Gasteiger partial charge on any atom is 0.407 e. The number of nitrogens with one attached hydrogen (secondary N) is 3. The zero-order chi connectivity index (χ0) is 39.5. The molecule has 1 saturated heterocycles. The van der Waals surface area contributed by atoms with E-state index in [2.05, 4.69) is 20.7 Å². The molecule has 3 N–H and O–H groups in total. The van der Waals surface area contributed by atoms with Gasteiger partial charge in [-0.25, -0.2) is 4.79 Å². The maximum atomic E-state index is 13.6. The van der Waals surface area contributed by atoms with Gasteiger partial charge in [-0.3, -0.25) is 33.6 Å². The Kier molecular flexibility index (Phi) is 14.1. The van der Waals surface area contributed by atoms with Gasteiger partial charge in [-0.15, -0.1) is 0 Å². The van der Waals surface area contributed by atoms with Gasteiger partial charge in [-0.1, -0.05) is 48.5 Å². The minimum absolute atomic E-state index is 0.118. The Morgan fingerprint density at radius 2 is 1.26 bits per heavy atom. The Morgan fingerprint density at radius 1 is 0.704 bits per heavy atom. The first kappa shape index (κ1) is 40.7. The molecule has 1 aliphatic heterocycles. The molecule has 18 heteroatoms. The fourth-order valence-electron chi connectivity index (χ4n) is 6.09. The van der Waals surface area contributed by atoms with Crippen molar-refractivity contribution >= 4 is 47.8 Å². The summed E-state index contributed by atoms with van der Waals surface area (Å²) in [6.07, 6.45) is -9.54. The van der Waals surface area contributed by atoms with E-state index < -0.39 is 104 Å². The van der Waals surface area contributed by atoms with Crippen molar-refractivity contribution in [2.24, 2.45) is 0 Å². The number of fused-ring (bicyclic) bond motifs is 3. The Bertz CT molecular complexity index is 1720. The van der Waals surface area contributed by atoms with E-state index in [0.29, 0.717) is 0 Å². The molecule has 0 spiro atoms. The maximum absolute atomic E-state index is 13.6. The van der Waals surface area contributed by atoms with Crippen LogP contribution in [0, 0.1) is 0 Å². The predicted octanol–water partition coefficient (Wildman–Crippen LogP) is 0.772. The largest absolute Gasteiger partial charge is 0.468 e. The summed E-state index contributed by atoms with van der Waals surface area (Å²) < 4.78 is 37.1. The molecule has 2 aliphatic rings. The van der Waals surface area contributed by atoms with Crippen molar-refractivity contribution in [2.75, 3.05) is 26.9 Å². The molecule has 2 aromatic rings. The molecule has 1 fully saturated rings. The van der Waals surface area contributed by atoms with Gasteiger partial charge in [-0.05, 0) is 22.3 Å². The van der Waals surface area contributed by atoms with Crippen molar-refractivity contribution in [3.8, 4) is 11.1 Å². The summed E-state index contributed by atoms with van der Waals surface area (Å²) in [4.78, 5) is 99.7. The average molecular weight is 756 g/mol. The second-order valence-electron chi connectivity index (χ2n) is 12.2. The van der Waals surface area contributed by atoms with Crippen LogP contribution in [-0.2, 0) is 66.7 Å². The normalized spacial score (nSPS) is 20.4. The number of methoxy groups -OCH3 is 1. The molecular weight excluding hydrogens is 714 g/mol. The van der Waals surface area contributed by atoms with Crippen LogP contribution < -0.4 is 16.0 Å². The highest BCUT2D eigenvalue weighted by Crippen LogP contribution is 2.44. The highest BCUT2D eigenvalue weighted by atomic mass is 16.7. The van der Waals surface area contributed by atoms with E-state index in [0.717, 1.165) is 57.1 Å². The van der Waals surface area contributed by atoms with E-state index in [-0.39, 0.29) is 12.5 Å². The van der Waals surface area contributed by atoms with Crippen LogP contribution >= 0.6 is 0 Å². The minimum Gasteiger partial charge on any atom is -0.468 e. The van der Waals surface area contributed by atoms with Gasteiger partial charge in [0.05, 0.1) is 13.5 Å². The molecule has 2 aromatic carbocycles. The summed E-state index contributed by atoms with van der Waals surface area (Å²) in [5.41, 5.74) is 3.84. The lowest BCUT2D eigenvalue weighted by molar-refractivity contribution is -0.257. The van der Waals surface area contributed by atoms with E-state index in [1.54, 1.807) is 0 Å². The van der Waals surface area contributed by atoms with Crippen LogP contribution in [-0.4, -0.2) is 111 Å². The second-order valence-corrected chi connectivity index (χ2v) is 12.2. The molecular formula is C36H41N3O15. The molecule has 1 aliphatic carbocycles. The van der Waals surface area contributed by atoms with Crippen LogP contribution in [0.15, 0.2) is 48.5 Å². The number of carbonyl (C=O) groups is 8. The summed E-state index contributed by atoms with van der Waals surface area (Å²) in [6, 6.07) is 13.6. The lowest BCUT2D eigenvalue weighted by Crippen LogP contribution is -2.66. The number of alkyl carbamates (subject to hydrolysis) is 1. The Morgan fingerprint density at radius 3 is 1.81 bits per heavy atom. The van der Waals surface area contributed by atoms with Crippen molar-refractivity contribution < 1.29 is 71.5 Å². The quantitative estimate of drug-likeness (QED) is 0.178. The minimum atomic E-state index is -1.65. The van der Waals surface area contributed by atoms with Gasteiger partial charge in [0.25, 0.3) is 0 Å². The van der Waals surface area contributed by atoms with Crippen molar-refractivity contribution in [1.82, 2.24) is 16.0 Å². The first-order valence-electron chi connectivity index (χ1n) is 16.7. The van der Waals surface area contributed by atoms with E-state index in [4.69, 9.17) is 28.4 Å². The first-order valence-corrected chi connectivity index (χ1v) is 16.7. The van der Waals surface area contributed by atoms with Crippen LogP contribution in [0.25, 0.3) is 11.1 Å². The van der Waals surface area contributed by atoms with Crippen molar-refractivity contribution in [3.05, 3.63) is 59.7 Å². The lowest BCUT2D eigenvalue weighted by atomic mass is 9.97. The standard InChI is InChI=1S/C36H41N3O15/c1-18(40)49-17-28-31(51-19(2)41)32(52-20(3)42)33(53-21(4)43)35(54-28)39-29(44)14-27(34(46)37-15-30(45)48-5)38-36(47)50-16-26-24-12-8-6-10-22(24)23-11-7-9-13-25(23)26/h6-13,26-28,31-33,35H,14-17H2,1-5H3,(H,37,46)(H,38,47)(H,39,44)/t27-,28+,31+,32-,33+,35-/m0/s1. The van der Waals surface area contributed by atoms with E-state index >= 15 is 0 Å². The topological polar surface area (TPSA) is 237 Å². The highest BCUT2D eigenvalue weighted by Gasteiger charge is 2.52. The first-order chi connectivity index (χ1) is 25.7. The lowest BCUT2D eigenvalue weighted by Gasteiger charge is -2.44. The van der Waals surface area contributed by atoms with Gasteiger partial charge >= 0.3 is 35.9 Å². The van der Waals surface area contributed by atoms with Crippen molar-refractivity contribution in [1.29, 1.82) is 0 Å². The number of esters is 5. The summed E-state index contributed by atoms with van der Waals surface area (Å²) in [7, 11) is 1.10. The summed E-state index contributed by atoms with van der Waals surface area (Å²) in [6.45, 7) is 2.95. The van der Waals surface area contributed by atoms with E-state index in [9.17, 15) is 38.4 Å². The number of rotatable bonds is 14. The molecule has 3 amide bonds. The van der Waals surface area contributed by atoms with E-state index in [1.165, 1.54) is 0 Å². The molecule has 290 valence electrons. The number of ether oxygens (including phenoxy) is 7. The molecule has 0 radical (unpaired) electrons. The number of hydrogen-bond acceptors (Lipinski definition) is 15. The molecule has 0 bridgehead atoms. The second kappa shape index (κ2) is 18.6. The van der Waals surface area contributed by atoms with Gasteiger partial charge in [0.2, 0.25) is 11.8 Å².